The lowest BCUT2D eigenvalue weighted by Gasteiger charge is -2.34. The van der Waals surface area contributed by atoms with E-state index in [1.54, 1.807) is 83.1 Å². The molecular weight excluding hydrogens is 1220 g/mol. The molecule has 30 heteroatoms. The van der Waals surface area contributed by atoms with Crippen LogP contribution in [0.3, 0.4) is 0 Å². The van der Waals surface area contributed by atoms with Crippen LogP contribution in [0.2, 0.25) is 0 Å². The summed E-state index contributed by atoms with van der Waals surface area (Å²) in [5, 5.41) is 22.1. The number of carbonyl (C=O) groups is 6. The van der Waals surface area contributed by atoms with Crippen LogP contribution in [0.25, 0.3) is 0 Å². The lowest BCUT2D eigenvalue weighted by atomic mass is 10.1. The van der Waals surface area contributed by atoms with Crippen molar-refractivity contribution < 1.29 is 93.3 Å². The first kappa shape index (κ1) is 74.6. The van der Waals surface area contributed by atoms with Gasteiger partial charge in [-0.3, -0.25) is 39.4 Å². The molecule has 0 amide bonds. The summed E-state index contributed by atoms with van der Waals surface area (Å²) in [5.41, 5.74) is -3.97. The minimum absolute atomic E-state index is 0.0370. The summed E-state index contributed by atoms with van der Waals surface area (Å²) in [7, 11) is -7.02. The SMILES string of the molecule is CN(Cc1ccc(OC(=O)c2ccc([N+](=O)[O-])cc2)cc1)S(=O)(=O)N(CCOCCOCCN([C@@H](CC(=O)OC(C)(C)C)C(=O)OC(C)(C)C)S(=O)(=O)N(C)Cc1ccc(OC(=O)c2ccc([N+](=O)[O-])cc2)cc1)[C@@H](CC(=O)OC(C)(C)C)C(=O)OC(C)(C)C. The van der Waals surface area contributed by atoms with Crippen molar-refractivity contribution in [3.8, 4) is 11.5 Å². The first-order valence-corrected chi connectivity index (χ1v) is 31.0. The van der Waals surface area contributed by atoms with Crippen molar-refractivity contribution in [3.63, 3.8) is 0 Å². The first-order valence-electron chi connectivity index (χ1n) is 28.2. The molecular formula is C60H80N6O22S2. The highest BCUT2D eigenvalue weighted by molar-refractivity contribution is 7.87. The number of ether oxygens (including phenoxy) is 8. The van der Waals surface area contributed by atoms with E-state index >= 15 is 0 Å². The number of nitrogens with zero attached hydrogens (tertiary/aromatic N) is 6. The Hall–Kier alpha value is -7.84. The molecule has 4 rings (SSSR count). The van der Waals surface area contributed by atoms with Crippen molar-refractivity contribution in [2.24, 2.45) is 0 Å². The molecule has 90 heavy (non-hydrogen) atoms. The maximum atomic E-state index is 14.7. The Labute approximate surface area is 524 Å². The van der Waals surface area contributed by atoms with Crippen LogP contribution in [0, 0.1) is 20.2 Å². The van der Waals surface area contributed by atoms with Crippen LogP contribution in [0.5, 0.6) is 11.5 Å². The maximum Gasteiger partial charge on any atom is 0.343 e. The zero-order valence-electron chi connectivity index (χ0n) is 52.9. The van der Waals surface area contributed by atoms with Gasteiger partial charge in [0.2, 0.25) is 0 Å². The molecule has 0 aliphatic carbocycles. The zero-order chi connectivity index (χ0) is 67.7. The van der Waals surface area contributed by atoms with E-state index < -0.39 is 140 Å². The van der Waals surface area contributed by atoms with Gasteiger partial charge in [0, 0.05) is 64.5 Å². The number of carbonyl (C=O) groups excluding carboxylic acids is 6. The molecule has 0 spiro atoms. The smallest absolute Gasteiger partial charge is 0.343 e. The molecule has 0 N–H and O–H groups in total. The quantitative estimate of drug-likeness (QED) is 0.0117. The molecule has 0 unspecified atom stereocenters. The fourth-order valence-corrected chi connectivity index (χ4v) is 11.0. The molecule has 0 aliphatic heterocycles. The van der Waals surface area contributed by atoms with Gasteiger partial charge in [0.1, 0.15) is 46.0 Å². The number of non-ortho nitro benzene ring substituents is 2. The van der Waals surface area contributed by atoms with Gasteiger partial charge >= 0.3 is 35.8 Å². The van der Waals surface area contributed by atoms with E-state index in [0.29, 0.717) is 11.1 Å². The van der Waals surface area contributed by atoms with Crippen LogP contribution < -0.4 is 9.47 Å². The van der Waals surface area contributed by atoms with Crippen molar-refractivity contribution >= 4 is 67.6 Å². The second-order valence-corrected chi connectivity index (χ2v) is 28.3. The van der Waals surface area contributed by atoms with E-state index in [4.69, 9.17) is 37.9 Å². The Bertz CT molecular complexity index is 3150. The van der Waals surface area contributed by atoms with E-state index in [-0.39, 0.29) is 60.3 Å². The fourth-order valence-electron chi connectivity index (χ4n) is 8.05. The van der Waals surface area contributed by atoms with E-state index in [2.05, 4.69) is 0 Å². The summed E-state index contributed by atoms with van der Waals surface area (Å²) >= 11 is 0. The summed E-state index contributed by atoms with van der Waals surface area (Å²) in [6, 6.07) is 17.5. The highest BCUT2D eigenvalue weighted by Gasteiger charge is 2.43. The summed E-state index contributed by atoms with van der Waals surface area (Å²) in [5.74, 6) is -5.47. The van der Waals surface area contributed by atoms with Crippen molar-refractivity contribution in [2.45, 2.75) is 144 Å². The molecule has 0 aromatic heterocycles. The summed E-state index contributed by atoms with van der Waals surface area (Å²) in [4.78, 5) is 101. The predicted molar refractivity (Wildman–Crippen MR) is 325 cm³/mol. The lowest BCUT2D eigenvalue weighted by Crippen LogP contribution is -2.53. The highest BCUT2D eigenvalue weighted by atomic mass is 32.2. The van der Waals surface area contributed by atoms with Crippen LogP contribution in [-0.4, -0.2) is 168 Å². The van der Waals surface area contributed by atoms with Crippen LogP contribution in [0.4, 0.5) is 11.4 Å². The number of rotatable bonds is 31. The summed E-state index contributed by atoms with van der Waals surface area (Å²) in [6.07, 6.45) is -1.55. The molecule has 28 nitrogen and oxygen atoms in total. The molecule has 0 aliphatic rings. The van der Waals surface area contributed by atoms with Gasteiger partial charge in [-0.05, 0) is 143 Å². The molecule has 4 aromatic carbocycles. The second kappa shape index (κ2) is 31.8. The average molecular weight is 1300 g/mol. The Morgan fingerprint density at radius 3 is 1.00 bits per heavy atom. The van der Waals surface area contributed by atoms with Crippen molar-refractivity contribution in [2.75, 3.05) is 53.6 Å². The van der Waals surface area contributed by atoms with Crippen molar-refractivity contribution in [3.05, 3.63) is 140 Å². The van der Waals surface area contributed by atoms with Gasteiger partial charge in [-0.1, -0.05) is 24.3 Å². The number of benzene rings is 4. The Kier molecular flexibility index (Phi) is 26.3. The largest absolute Gasteiger partial charge is 0.460 e. The number of hydrogen-bond donors (Lipinski definition) is 0. The molecule has 0 heterocycles. The van der Waals surface area contributed by atoms with E-state index in [9.17, 15) is 65.8 Å². The zero-order valence-corrected chi connectivity index (χ0v) is 54.6. The van der Waals surface area contributed by atoms with Gasteiger partial charge in [-0.2, -0.15) is 34.1 Å². The van der Waals surface area contributed by atoms with Gasteiger partial charge in [0.25, 0.3) is 31.8 Å². The number of hydrogen-bond acceptors (Lipinski definition) is 22. The third-order valence-electron chi connectivity index (χ3n) is 12.0. The van der Waals surface area contributed by atoms with E-state index in [1.165, 1.54) is 86.9 Å². The minimum Gasteiger partial charge on any atom is -0.460 e. The van der Waals surface area contributed by atoms with Crippen molar-refractivity contribution in [1.29, 1.82) is 0 Å². The van der Waals surface area contributed by atoms with Gasteiger partial charge in [-0.25, -0.2) is 9.59 Å². The molecule has 0 radical (unpaired) electrons. The van der Waals surface area contributed by atoms with Crippen LogP contribution in [0.15, 0.2) is 97.1 Å². The van der Waals surface area contributed by atoms with Crippen LogP contribution in [0.1, 0.15) is 128 Å². The number of nitro benzene ring substituents is 2. The Morgan fingerprint density at radius 2 is 0.733 bits per heavy atom. The van der Waals surface area contributed by atoms with E-state index in [0.717, 1.165) is 41.5 Å². The van der Waals surface area contributed by atoms with Crippen LogP contribution >= 0.6 is 0 Å². The highest BCUT2D eigenvalue weighted by Crippen LogP contribution is 2.27. The molecule has 494 valence electrons. The van der Waals surface area contributed by atoms with Gasteiger partial charge in [0.15, 0.2) is 0 Å². The molecule has 0 saturated carbocycles. The minimum atomic E-state index is -4.74. The van der Waals surface area contributed by atoms with Crippen LogP contribution in [-0.2, 0) is 81.1 Å². The summed E-state index contributed by atoms with van der Waals surface area (Å²) in [6.45, 7) is 15.8. The van der Waals surface area contributed by atoms with Gasteiger partial charge < -0.3 is 37.9 Å². The molecule has 0 bridgehead atoms. The average Bonchev–Trinajstić information content (AvgIpc) is 2.89. The normalized spacial score (nSPS) is 13.1. The molecule has 4 aromatic rings. The Morgan fingerprint density at radius 1 is 0.444 bits per heavy atom. The summed E-state index contributed by atoms with van der Waals surface area (Å²) < 4.78 is 107. The monoisotopic (exact) mass is 1300 g/mol. The Balaban J connectivity index is 1.56. The lowest BCUT2D eigenvalue weighted by molar-refractivity contribution is -0.385. The third-order valence-corrected chi connectivity index (χ3v) is 15.9. The second-order valence-electron chi connectivity index (χ2n) is 24.3. The first-order chi connectivity index (χ1) is 41.5. The standard InChI is InChI=1S/C60H80N6O22S2/c1-57(2,3)85-51(67)37-49(55(71)87-59(7,8)9)63(89(77,78)61(13)39-41-15-27-47(28-16-41)83-53(69)43-19-23-45(24-20-43)65(73)74)31-33-81-35-36-82-34-32-64(50(56(72)88-60(10,11)12)38-52(68)86-58(4,5)6)90(79,80)62(14)40-42-17-29-48(30-18-42)84-54(70)44-21-25-46(26-22-44)66(75)76/h15-30,49-50H,31-40H2,1-14H3/t49-,50-/m0/s1. The van der Waals surface area contributed by atoms with E-state index in [1.807, 2.05) is 0 Å². The van der Waals surface area contributed by atoms with Crippen molar-refractivity contribution in [1.82, 2.24) is 17.2 Å². The molecule has 2 atom stereocenters. The number of nitro groups is 2. The van der Waals surface area contributed by atoms with Gasteiger partial charge in [-0.15, -0.1) is 0 Å². The third kappa shape index (κ3) is 24.5. The molecule has 0 fully saturated rings. The number of esters is 6. The predicted octanol–water partition coefficient (Wildman–Crippen LogP) is 7.52. The van der Waals surface area contributed by atoms with Gasteiger partial charge in [0.05, 0.1) is 60.2 Å². The fraction of sp³-hybridized carbons (Fsp3) is 0.500. The topological polar surface area (TPSA) is 344 Å². The maximum absolute atomic E-state index is 14.7. The molecule has 0 saturated heterocycles.